The monoisotopic (exact) mass is 276 g/mol. The number of imide groups is 1. The topological polar surface area (TPSA) is 105 Å². The molecule has 0 fully saturated rings. The maximum absolute atomic E-state index is 11.7. The summed E-state index contributed by atoms with van der Waals surface area (Å²) in [6.07, 6.45) is -0.543. The molecule has 0 rings (SSSR count). The lowest BCUT2D eigenvalue weighted by Crippen LogP contribution is -2.45. The van der Waals surface area contributed by atoms with Gasteiger partial charge >= 0.3 is 12.0 Å². The van der Waals surface area contributed by atoms with Crippen LogP contribution in [0.25, 0.3) is 0 Å². The maximum atomic E-state index is 11.7. The number of carbonyl (C=O) groups excluding carboxylic acids is 2. The molecule has 8 heteroatoms. The zero-order valence-electron chi connectivity index (χ0n) is 11.2. The van der Waals surface area contributed by atoms with Gasteiger partial charge in [-0.3, -0.25) is 14.9 Å². The van der Waals surface area contributed by atoms with Crippen LogP contribution < -0.4 is 5.32 Å². The summed E-state index contributed by atoms with van der Waals surface area (Å²) in [4.78, 5) is 34.7. The molecule has 0 unspecified atom stereocenters. The van der Waals surface area contributed by atoms with E-state index < -0.39 is 17.9 Å². The highest BCUT2D eigenvalue weighted by Crippen LogP contribution is 1.94. The minimum Gasteiger partial charge on any atom is -0.481 e. The van der Waals surface area contributed by atoms with Gasteiger partial charge in [0.05, 0.1) is 19.6 Å². The number of aliphatic carboxylic acids is 1. The highest BCUT2D eigenvalue weighted by Gasteiger charge is 2.16. The normalized spacial score (nSPS) is 10.0. The van der Waals surface area contributed by atoms with Gasteiger partial charge in [0.15, 0.2) is 0 Å². The van der Waals surface area contributed by atoms with Crippen molar-refractivity contribution in [2.45, 2.75) is 12.8 Å². The van der Waals surface area contributed by atoms with E-state index in [9.17, 15) is 14.4 Å². The van der Waals surface area contributed by atoms with Crippen LogP contribution in [0.4, 0.5) is 4.79 Å². The van der Waals surface area contributed by atoms with Crippen LogP contribution in [0.1, 0.15) is 12.8 Å². The molecule has 0 spiro atoms. The van der Waals surface area contributed by atoms with Crippen LogP contribution in [0.5, 0.6) is 0 Å². The zero-order valence-corrected chi connectivity index (χ0v) is 11.2. The fourth-order valence-corrected chi connectivity index (χ4v) is 1.20. The second-order valence-corrected chi connectivity index (χ2v) is 3.72. The van der Waals surface area contributed by atoms with E-state index in [4.69, 9.17) is 14.6 Å². The van der Waals surface area contributed by atoms with Gasteiger partial charge in [-0.15, -0.1) is 0 Å². The summed E-state index contributed by atoms with van der Waals surface area (Å²) < 4.78 is 9.72. The number of nitrogens with one attached hydrogen (secondary N) is 1. The Labute approximate surface area is 111 Å². The zero-order chi connectivity index (χ0) is 14.7. The highest BCUT2D eigenvalue weighted by molar-refractivity contribution is 5.95. The first-order chi connectivity index (χ1) is 9.01. The van der Waals surface area contributed by atoms with E-state index in [0.717, 1.165) is 0 Å². The van der Waals surface area contributed by atoms with Gasteiger partial charge in [-0.2, -0.15) is 0 Å². The van der Waals surface area contributed by atoms with Crippen LogP contribution in [0.15, 0.2) is 0 Å². The van der Waals surface area contributed by atoms with E-state index in [1.807, 2.05) is 0 Å². The summed E-state index contributed by atoms with van der Waals surface area (Å²) in [6, 6.07) is -0.579. The molecule has 0 aliphatic heterocycles. The number of carbonyl (C=O) groups is 3. The van der Waals surface area contributed by atoms with Crippen molar-refractivity contribution in [3.05, 3.63) is 0 Å². The third kappa shape index (κ3) is 8.97. The summed E-state index contributed by atoms with van der Waals surface area (Å²) in [5, 5.41) is 10.6. The smallest absolute Gasteiger partial charge is 0.324 e. The fourth-order valence-electron chi connectivity index (χ4n) is 1.20. The predicted octanol–water partition coefficient (Wildman–Crippen LogP) is -0.318. The fraction of sp³-hybridized carbons (Fsp3) is 0.727. The molecule has 0 bridgehead atoms. The number of ether oxygens (including phenoxy) is 2. The highest BCUT2D eigenvalue weighted by atomic mass is 16.5. The van der Waals surface area contributed by atoms with E-state index in [1.165, 1.54) is 19.1 Å². The summed E-state index contributed by atoms with van der Waals surface area (Å²) in [7, 11) is 3.01. The third-order valence-electron chi connectivity index (χ3n) is 2.23. The molecule has 8 nitrogen and oxygen atoms in total. The number of carboxylic acids is 1. The molecule has 0 saturated heterocycles. The second-order valence-electron chi connectivity index (χ2n) is 3.72. The molecule has 110 valence electrons. The van der Waals surface area contributed by atoms with Crippen molar-refractivity contribution in [1.29, 1.82) is 0 Å². The van der Waals surface area contributed by atoms with Gasteiger partial charge in [-0.05, 0) is 0 Å². The van der Waals surface area contributed by atoms with Crippen LogP contribution in [0.2, 0.25) is 0 Å². The van der Waals surface area contributed by atoms with Gasteiger partial charge in [0.1, 0.15) is 0 Å². The summed E-state index contributed by atoms with van der Waals surface area (Å²) in [5.41, 5.74) is 0. The number of carboxylic acid groups (broad SMARTS) is 1. The van der Waals surface area contributed by atoms with Crippen molar-refractivity contribution >= 4 is 17.9 Å². The standard InChI is InChI=1S/C11H20N2O6/c1-18-7-5-13(6-8-19-2)11(17)12-9(14)3-4-10(15)16/h3-8H2,1-2H3,(H,15,16)(H,12,14,17). The Kier molecular flexibility index (Phi) is 9.37. The Bertz CT molecular complexity index is 300. The quantitative estimate of drug-likeness (QED) is 0.598. The Morgan fingerprint density at radius 2 is 1.58 bits per heavy atom. The molecule has 0 saturated carbocycles. The van der Waals surface area contributed by atoms with Crippen molar-refractivity contribution in [3.8, 4) is 0 Å². The predicted molar refractivity (Wildman–Crippen MR) is 65.7 cm³/mol. The SMILES string of the molecule is COCCN(CCOC)C(=O)NC(=O)CCC(=O)O. The van der Waals surface area contributed by atoms with Gasteiger partial charge in [0.2, 0.25) is 5.91 Å². The van der Waals surface area contributed by atoms with E-state index in [0.29, 0.717) is 26.3 Å². The number of nitrogens with zero attached hydrogens (tertiary/aromatic N) is 1. The first-order valence-electron chi connectivity index (χ1n) is 5.79. The minimum absolute atomic E-state index is 0.233. The van der Waals surface area contributed by atoms with Crippen molar-refractivity contribution in [1.82, 2.24) is 10.2 Å². The van der Waals surface area contributed by atoms with Crippen molar-refractivity contribution in [2.75, 3.05) is 40.5 Å². The number of urea groups is 1. The third-order valence-corrected chi connectivity index (χ3v) is 2.23. The van der Waals surface area contributed by atoms with E-state index in [-0.39, 0.29) is 12.8 Å². The number of amides is 3. The number of rotatable bonds is 9. The molecule has 0 heterocycles. The van der Waals surface area contributed by atoms with Crippen LogP contribution in [0, 0.1) is 0 Å². The van der Waals surface area contributed by atoms with Gasteiger partial charge in [0, 0.05) is 33.7 Å². The van der Waals surface area contributed by atoms with Crippen molar-refractivity contribution in [2.24, 2.45) is 0 Å². The molecule has 0 aromatic carbocycles. The Morgan fingerprint density at radius 1 is 1.05 bits per heavy atom. The number of hydrogen-bond acceptors (Lipinski definition) is 5. The largest absolute Gasteiger partial charge is 0.481 e. The van der Waals surface area contributed by atoms with E-state index >= 15 is 0 Å². The molecule has 2 N–H and O–H groups in total. The molecule has 19 heavy (non-hydrogen) atoms. The first kappa shape index (κ1) is 17.3. The summed E-state index contributed by atoms with van der Waals surface area (Å²) in [6.45, 7) is 1.30. The van der Waals surface area contributed by atoms with Crippen molar-refractivity contribution < 1.29 is 29.0 Å². The first-order valence-corrected chi connectivity index (χ1v) is 5.79. The number of hydrogen-bond donors (Lipinski definition) is 2. The molecule has 0 aromatic heterocycles. The molecular formula is C11H20N2O6. The van der Waals surface area contributed by atoms with Crippen LogP contribution in [-0.4, -0.2) is 68.4 Å². The molecule has 0 radical (unpaired) electrons. The van der Waals surface area contributed by atoms with Gasteiger partial charge in [0.25, 0.3) is 0 Å². The van der Waals surface area contributed by atoms with Crippen LogP contribution in [-0.2, 0) is 19.1 Å². The average Bonchev–Trinajstić information content (AvgIpc) is 2.36. The lowest BCUT2D eigenvalue weighted by molar-refractivity contribution is -0.138. The molecule has 0 aromatic rings. The Hall–Kier alpha value is -1.67. The average molecular weight is 276 g/mol. The molecule has 3 amide bonds. The van der Waals surface area contributed by atoms with Crippen molar-refractivity contribution in [3.63, 3.8) is 0 Å². The minimum atomic E-state index is -1.08. The number of methoxy groups -OCH3 is 2. The van der Waals surface area contributed by atoms with Crippen LogP contribution in [0.3, 0.4) is 0 Å². The Balaban J connectivity index is 4.20. The molecular weight excluding hydrogens is 256 g/mol. The van der Waals surface area contributed by atoms with Gasteiger partial charge in [-0.1, -0.05) is 0 Å². The van der Waals surface area contributed by atoms with E-state index in [1.54, 1.807) is 0 Å². The molecule has 0 atom stereocenters. The molecule has 0 aliphatic carbocycles. The molecule has 0 aliphatic rings. The van der Waals surface area contributed by atoms with Gasteiger partial charge < -0.3 is 19.5 Å². The second kappa shape index (κ2) is 10.3. The maximum Gasteiger partial charge on any atom is 0.324 e. The van der Waals surface area contributed by atoms with E-state index in [2.05, 4.69) is 5.32 Å². The lowest BCUT2D eigenvalue weighted by Gasteiger charge is -2.21. The summed E-state index contributed by atoms with van der Waals surface area (Å²) >= 11 is 0. The Morgan fingerprint density at radius 3 is 2.00 bits per heavy atom. The van der Waals surface area contributed by atoms with Crippen LogP contribution >= 0.6 is 0 Å². The summed E-state index contributed by atoms with van der Waals surface area (Å²) in [5.74, 6) is -1.70. The lowest BCUT2D eigenvalue weighted by atomic mass is 10.3. The van der Waals surface area contributed by atoms with Gasteiger partial charge in [-0.25, -0.2) is 4.79 Å².